The van der Waals surface area contributed by atoms with Gasteiger partial charge in [0.25, 0.3) is 5.91 Å². The molecule has 2 saturated heterocycles. The first-order valence-corrected chi connectivity index (χ1v) is 9.59. The highest BCUT2D eigenvalue weighted by molar-refractivity contribution is 7.99. The van der Waals surface area contributed by atoms with Crippen LogP contribution in [0.5, 0.6) is 0 Å². The zero-order valence-corrected chi connectivity index (χ0v) is 14.9. The van der Waals surface area contributed by atoms with Crippen molar-refractivity contribution in [3.63, 3.8) is 0 Å². The van der Waals surface area contributed by atoms with Crippen LogP contribution in [0.25, 0.3) is 0 Å². The third-order valence-corrected chi connectivity index (χ3v) is 5.91. The first-order valence-electron chi connectivity index (χ1n) is 8.06. The molecule has 0 unspecified atom stereocenters. The number of fused-ring (bicyclic) bond motifs is 2. The topological polar surface area (TPSA) is 81.8 Å². The summed E-state index contributed by atoms with van der Waals surface area (Å²) in [5.74, 6) is 0.986. The number of benzene rings is 1. The fourth-order valence-electron chi connectivity index (χ4n) is 3.40. The quantitative estimate of drug-likeness (QED) is 0.746. The SMILES string of the molecule is O=C1Nc2cc(Cl)ccc2C(=O)N2CCN(C(=O)[C@@H]3CSCN3)C[C@H]12. The molecule has 0 aliphatic carbocycles. The van der Waals surface area contributed by atoms with Gasteiger partial charge in [0.15, 0.2) is 0 Å². The van der Waals surface area contributed by atoms with Crippen LogP contribution >= 0.6 is 23.4 Å². The molecule has 2 atom stereocenters. The van der Waals surface area contributed by atoms with Crippen LogP contribution in [0.1, 0.15) is 10.4 Å². The molecule has 2 N–H and O–H groups in total. The minimum atomic E-state index is -0.689. The van der Waals surface area contributed by atoms with Crippen molar-refractivity contribution in [3.05, 3.63) is 28.8 Å². The van der Waals surface area contributed by atoms with Crippen LogP contribution in [0, 0.1) is 0 Å². The second-order valence-electron chi connectivity index (χ2n) is 6.25. The summed E-state index contributed by atoms with van der Waals surface area (Å²) in [4.78, 5) is 41.3. The molecule has 1 aromatic rings. The summed E-state index contributed by atoms with van der Waals surface area (Å²) in [5.41, 5.74) is 0.845. The average molecular weight is 381 g/mol. The van der Waals surface area contributed by atoms with Gasteiger partial charge in [-0.2, -0.15) is 0 Å². The van der Waals surface area contributed by atoms with Gasteiger partial charge >= 0.3 is 0 Å². The normalized spacial score (nSPS) is 26.0. The highest BCUT2D eigenvalue weighted by Crippen LogP contribution is 2.28. The third-order valence-electron chi connectivity index (χ3n) is 4.74. The second kappa shape index (κ2) is 6.51. The zero-order chi connectivity index (χ0) is 17.6. The number of carbonyl (C=O) groups is 3. The van der Waals surface area contributed by atoms with Crippen LogP contribution in [-0.4, -0.2) is 70.9 Å². The molecule has 0 spiro atoms. The van der Waals surface area contributed by atoms with Crippen molar-refractivity contribution in [1.29, 1.82) is 0 Å². The highest BCUT2D eigenvalue weighted by Gasteiger charge is 2.41. The monoisotopic (exact) mass is 380 g/mol. The number of halogens is 1. The maximum atomic E-state index is 12.8. The van der Waals surface area contributed by atoms with Gasteiger partial charge in [0.1, 0.15) is 6.04 Å². The minimum Gasteiger partial charge on any atom is -0.337 e. The maximum absolute atomic E-state index is 12.8. The summed E-state index contributed by atoms with van der Waals surface area (Å²) in [6, 6.07) is 3.93. The Morgan fingerprint density at radius 2 is 2.12 bits per heavy atom. The van der Waals surface area contributed by atoms with Gasteiger partial charge in [-0.3, -0.25) is 19.7 Å². The Morgan fingerprint density at radius 1 is 1.28 bits per heavy atom. The molecular weight excluding hydrogens is 364 g/mol. The summed E-state index contributed by atoms with van der Waals surface area (Å²) in [6.45, 7) is 0.978. The molecule has 9 heteroatoms. The number of nitrogens with one attached hydrogen (secondary N) is 2. The molecular formula is C16H17ClN4O3S. The van der Waals surface area contributed by atoms with Crippen molar-refractivity contribution in [1.82, 2.24) is 15.1 Å². The molecule has 25 heavy (non-hydrogen) atoms. The molecule has 3 aliphatic rings. The van der Waals surface area contributed by atoms with Crippen molar-refractivity contribution in [2.24, 2.45) is 0 Å². The minimum absolute atomic E-state index is 0.00490. The lowest BCUT2D eigenvalue weighted by molar-refractivity contribution is -0.137. The van der Waals surface area contributed by atoms with E-state index in [0.29, 0.717) is 29.4 Å². The van der Waals surface area contributed by atoms with Crippen LogP contribution in [-0.2, 0) is 9.59 Å². The molecule has 7 nitrogen and oxygen atoms in total. The Kier molecular flexibility index (Phi) is 4.35. The van der Waals surface area contributed by atoms with Crippen molar-refractivity contribution in [2.75, 3.05) is 36.6 Å². The predicted octanol–water partition coefficient (Wildman–Crippen LogP) is 0.608. The van der Waals surface area contributed by atoms with Gasteiger partial charge in [0.2, 0.25) is 11.8 Å². The number of hydrogen-bond acceptors (Lipinski definition) is 5. The van der Waals surface area contributed by atoms with Crippen LogP contribution in [0.2, 0.25) is 5.02 Å². The molecule has 0 radical (unpaired) electrons. The number of rotatable bonds is 1. The Hall–Kier alpha value is -1.77. The first kappa shape index (κ1) is 16.7. The molecule has 0 bridgehead atoms. The fraction of sp³-hybridized carbons (Fsp3) is 0.438. The summed E-state index contributed by atoms with van der Waals surface area (Å²) in [5, 5.41) is 6.38. The van der Waals surface area contributed by atoms with E-state index in [0.717, 1.165) is 11.6 Å². The van der Waals surface area contributed by atoms with Gasteiger partial charge in [0.05, 0.1) is 23.8 Å². The smallest absolute Gasteiger partial charge is 0.256 e. The lowest BCUT2D eigenvalue weighted by Crippen LogP contribution is -2.61. The average Bonchev–Trinajstić information content (AvgIpc) is 3.11. The maximum Gasteiger partial charge on any atom is 0.256 e. The van der Waals surface area contributed by atoms with Gasteiger partial charge in [-0.05, 0) is 18.2 Å². The summed E-state index contributed by atoms with van der Waals surface area (Å²) < 4.78 is 0. The predicted molar refractivity (Wildman–Crippen MR) is 95.7 cm³/mol. The number of amides is 3. The molecule has 132 valence electrons. The number of piperazine rings is 1. The van der Waals surface area contributed by atoms with E-state index in [1.807, 2.05) is 0 Å². The summed E-state index contributed by atoms with van der Waals surface area (Å²) in [6.07, 6.45) is 0. The molecule has 3 heterocycles. The van der Waals surface area contributed by atoms with E-state index in [4.69, 9.17) is 11.6 Å². The van der Waals surface area contributed by atoms with Crippen LogP contribution in [0.15, 0.2) is 18.2 Å². The largest absolute Gasteiger partial charge is 0.337 e. The van der Waals surface area contributed by atoms with E-state index >= 15 is 0 Å². The Bertz CT molecular complexity index is 753. The van der Waals surface area contributed by atoms with Gasteiger partial charge in [-0.25, -0.2) is 0 Å². The molecule has 2 fully saturated rings. The first-order chi connectivity index (χ1) is 12.0. The summed E-state index contributed by atoms with van der Waals surface area (Å²) >= 11 is 7.66. The lowest BCUT2D eigenvalue weighted by atomic mass is 10.1. The van der Waals surface area contributed by atoms with E-state index in [1.165, 1.54) is 0 Å². The van der Waals surface area contributed by atoms with Gasteiger partial charge in [-0.15, -0.1) is 11.8 Å². The summed E-state index contributed by atoms with van der Waals surface area (Å²) in [7, 11) is 0. The number of carbonyl (C=O) groups excluding carboxylic acids is 3. The Labute approximate surface area is 154 Å². The molecule has 0 aromatic heterocycles. The molecule has 1 aromatic carbocycles. The molecule has 3 aliphatic heterocycles. The van der Waals surface area contributed by atoms with Crippen molar-refractivity contribution in [3.8, 4) is 0 Å². The van der Waals surface area contributed by atoms with E-state index in [9.17, 15) is 14.4 Å². The van der Waals surface area contributed by atoms with Gasteiger partial charge < -0.3 is 15.1 Å². The Balaban J connectivity index is 1.58. The zero-order valence-electron chi connectivity index (χ0n) is 13.3. The molecule has 0 saturated carbocycles. The van der Waals surface area contributed by atoms with Crippen molar-refractivity contribution >= 4 is 46.8 Å². The Morgan fingerprint density at radius 3 is 2.88 bits per heavy atom. The van der Waals surface area contributed by atoms with Crippen molar-refractivity contribution in [2.45, 2.75) is 12.1 Å². The van der Waals surface area contributed by atoms with Crippen LogP contribution in [0.4, 0.5) is 5.69 Å². The third kappa shape index (κ3) is 2.98. The van der Waals surface area contributed by atoms with Gasteiger partial charge in [-0.1, -0.05) is 11.6 Å². The van der Waals surface area contributed by atoms with Crippen LogP contribution < -0.4 is 10.6 Å². The lowest BCUT2D eigenvalue weighted by Gasteiger charge is -2.40. The highest BCUT2D eigenvalue weighted by atomic mass is 35.5. The number of nitrogens with zero attached hydrogens (tertiary/aromatic N) is 2. The number of anilines is 1. The van der Waals surface area contributed by atoms with Crippen molar-refractivity contribution < 1.29 is 14.4 Å². The number of thioether (sulfide) groups is 1. The van der Waals surface area contributed by atoms with E-state index in [2.05, 4.69) is 10.6 Å². The van der Waals surface area contributed by atoms with Gasteiger partial charge in [0, 0.05) is 29.7 Å². The van der Waals surface area contributed by atoms with Crippen LogP contribution in [0.3, 0.4) is 0 Å². The van der Waals surface area contributed by atoms with E-state index in [-0.39, 0.29) is 30.3 Å². The second-order valence-corrected chi connectivity index (χ2v) is 7.72. The standard InChI is InChI=1S/C16H17ClN4O3S/c17-9-1-2-10-11(5-9)19-14(22)13-6-20(3-4-21(13)15(10)23)16(24)12-7-25-8-18-12/h1-2,5,12-13,18H,3-4,6-8H2,(H,19,22)/t12-,13+/m0/s1. The molecule has 4 rings (SSSR count). The molecule has 3 amide bonds. The van der Waals surface area contributed by atoms with E-state index < -0.39 is 6.04 Å². The number of hydrogen-bond donors (Lipinski definition) is 2. The van der Waals surface area contributed by atoms with E-state index in [1.54, 1.807) is 39.8 Å². The fourth-order valence-corrected chi connectivity index (χ4v) is 4.51.